The molecule has 8 heteroatoms. The van der Waals surface area contributed by atoms with Crippen LogP contribution in [0.1, 0.15) is 11.1 Å². The highest BCUT2D eigenvalue weighted by Gasteiger charge is 2.21. The van der Waals surface area contributed by atoms with Crippen molar-refractivity contribution in [1.29, 1.82) is 0 Å². The van der Waals surface area contributed by atoms with Crippen LogP contribution in [0.4, 0.5) is 11.4 Å². The lowest BCUT2D eigenvalue weighted by Gasteiger charge is -2.14. The number of halogens is 1. The summed E-state index contributed by atoms with van der Waals surface area (Å²) >= 11 is 5.85. The lowest BCUT2D eigenvalue weighted by atomic mass is 10.1. The molecule has 0 aliphatic heterocycles. The minimum atomic E-state index is -3.96. The molecule has 0 spiro atoms. The van der Waals surface area contributed by atoms with Crippen LogP contribution in [0.15, 0.2) is 71.6 Å². The molecule has 0 saturated carbocycles. The minimum Gasteiger partial charge on any atom is -0.495 e. The zero-order valence-corrected chi connectivity index (χ0v) is 18.0. The SMILES string of the molecule is COc1ccc(NC(=O)Cc2ccc(C)cc2)cc1S(=O)(=O)Nc1ccc(Cl)cc1. The zero-order chi connectivity index (χ0) is 21.7. The number of hydrogen-bond donors (Lipinski definition) is 2. The van der Waals surface area contributed by atoms with Crippen LogP contribution >= 0.6 is 11.6 Å². The van der Waals surface area contributed by atoms with Crippen molar-refractivity contribution in [3.05, 3.63) is 82.9 Å². The number of carbonyl (C=O) groups is 1. The molecule has 0 saturated heterocycles. The Kier molecular flexibility index (Phi) is 6.64. The van der Waals surface area contributed by atoms with E-state index in [2.05, 4.69) is 10.0 Å². The molecule has 0 radical (unpaired) electrons. The first-order valence-electron chi connectivity index (χ1n) is 9.08. The number of carbonyl (C=O) groups excluding carboxylic acids is 1. The Bertz CT molecular complexity index is 1140. The molecule has 0 unspecified atom stereocenters. The number of rotatable bonds is 7. The third kappa shape index (κ3) is 5.52. The molecule has 0 heterocycles. The predicted octanol–water partition coefficient (Wildman–Crippen LogP) is 4.64. The number of anilines is 2. The van der Waals surface area contributed by atoms with Crippen molar-refractivity contribution in [2.75, 3.05) is 17.1 Å². The number of hydrogen-bond acceptors (Lipinski definition) is 4. The fourth-order valence-corrected chi connectivity index (χ4v) is 4.17. The molecular weight excluding hydrogens is 424 g/mol. The summed E-state index contributed by atoms with van der Waals surface area (Å²) in [6, 6.07) is 18.4. The van der Waals surface area contributed by atoms with Crippen LogP contribution in [0.2, 0.25) is 5.02 Å². The number of methoxy groups -OCH3 is 1. The number of sulfonamides is 1. The van der Waals surface area contributed by atoms with E-state index in [0.29, 0.717) is 16.4 Å². The van der Waals surface area contributed by atoms with Crippen molar-refractivity contribution in [3.63, 3.8) is 0 Å². The fraction of sp³-hybridized carbons (Fsp3) is 0.136. The van der Waals surface area contributed by atoms with E-state index in [0.717, 1.165) is 11.1 Å². The van der Waals surface area contributed by atoms with Gasteiger partial charge in [-0.2, -0.15) is 0 Å². The third-order valence-electron chi connectivity index (χ3n) is 4.32. The van der Waals surface area contributed by atoms with Crippen molar-refractivity contribution in [2.24, 2.45) is 0 Å². The van der Waals surface area contributed by atoms with Gasteiger partial charge in [-0.05, 0) is 55.0 Å². The van der Waals surface area contributed by atoms with E-state index in [1.165, 1.54) is 19.2 Å². The smallest absolute Gasteiger partial charge is 0.265 e. The summed E-state index contributed by atoms with van der Waals surface area (Å²) in [7, 11) is -2.58. The Morgan fingerprint density at radius 3 is 2.23 bits per heavy atom. The monoisotopic (exact) mass is 444 g/mol. The molecule has 156 valence electrons. The van der Waals surface area contributed by atoms with Gasteiger partial charge in [0, 0.05) is 16.4 Å². The highest BCUT2D eigenvalue weighted by molar-refractivity contribution is 7.92. The second-order valence-corrected chi connectivity index (χ2v) is 8.78. The molecule has 0 atom stereocenters. The van der Waals surface area contributed by atoms with Crippen molar-refractivity contribution in [1.82, 2.24) is 0 Å². The van der Waals surface area contributed by atoms with Crippen LogP contribution in [0, 0.1) is 6.92 Å². The summed E-state index contributed by atoms with van der Waals surface area (Å²) in [5, 5.41) is 3.23. The van der Waals surface area contributed by atoms with Gasteiger partial charge in [0.2, 0.25) is 5.91 Å². The van der Waals surface area contributed by atoms with E-state index in [9.17, 15) is 13.2 Å². The second kappa shape index (κ2) is 9.19. The Labute approximate surface area is 180 Å². The van der Waals surface area contributed by atoms with Crippen molar-refractivity contribution >= 4 is 38.9 Å². The van der Waals surface area contributed by atoms with Gasteiger partial charge in [-0.3, -0.25) is 9.52 Å². The largest absolute Gasteiger partial charge is 0.495 e. The first kappa shape index (κ1) is 21.7. The Morgan fingerprint density at radius 1 is 0.967 bits per heavy atom. The van der Waals surface area contributed by atoms with E-state index >= 15 is 0 Å². The van der Waals surface area contributed by atoms with Gasteiger partial charge in [-0.1, -0.05) is 41.4 Å². The molecule has 3 rings (SSSR count). The quantitative estimate of drug-likeness (QED) is 0.556. The van der Waals surface area contributed by atoms with Gasteiger partial charge in [0.25, 0.3) is 10.0 Å². The number of nitrogens with one attached hydrogen (secondary N) is 2. The van der Waals surface area contributed by atoms with E-state index in [1.807, 2.05) is 31.2 Å². The molecule has 2 N–H and O–H groups in total. The summed E-state index contributed by atoms with van der Waals surface area (Å²) in [5.41, 5.74) is 2.68. The van der Waals surface area contributed by atoms with Crippen LogP contribution < -0.4 is 14.8 Å². The maximum atomic E-state index is 12.9. The van der Waals surface area contributed by atoms with Gasteiger partial charge in [-0.25, -0.2) is 8.42 Å². The minimum absolute atomic E-state index is 0.0897. The van der Waals surface area contributed by atoms with Crippen molar-refractivity contribution in [3.8, 4) is 5.75 Å². The topological polar surface area (TPSA) is 84.5 Å². The molecule has 6 nitrogen and oxygen atoms in total. The summed E-state index contributed by atoms with van der Waals surface area (Å²) in [5.74, 6) is -0.0916. The van der Waals surface area contributed by atoms with Gasteiger partial charge in [0.05, 0.1) is 13.5 Å². The Morgan fingerprint density at radius 2 is 1.60 bits per heavy atom. The maximum absolute atomic E-state index is 12.9. The molecule has 1 amide bonds. The van der Waals surface area contributed by atoms with Gasteiger partial charge in [-0.15, -0.1) is 0 Å². The Hall–Kier alpha value is -3.03. The predicted molar refractivity (Wildman–Crippen MR) is 119 cm³/mol. The molecular formula is C22H21ClN2O4S. The third-order valence-corrected chi connectivity index (χ3v) is 5.97. The molecule has 3 aromatic carbocycles. The molecule has 30 heavy (non-hydrogen) atoms. The van der Waals surface area contributed by atoms with Crippen LogP contribution in [0.3, 0.4) is 0 Å². The van der Waals surface area contributed by atoms with E-state index in [-0.39, 0.29) is 23.0 Å². The van der Waals surface area contributed by atoms with Gasteiger partial charge in [0.1, 0.15) is 10.6 Å². The van der Waals surface area contributed by atoms with E-state index in [1.54, 1.807) is 30.3 Å². The van der Waals surface area contributed by atoms with Gasteiger partial charge >= 0.3 is 0 Å². The molecule has 0 aliphatic rings. The lowest BCUT2D eigenvalue weighted by Crippen LogP contribution is -2.17. The fourth-order valence-electron chi connectivity index (χ4n) is 2.79. The highest BCUT2D eigenvalue weighted by Crippen LogP contribution is 2.29. The average Bonchev–Trinajstić information content (AvgIpc) is 2.71. The van der Waals surface area contributed by atoms with Crippen LogP contribution in [0.5, 0.6) is 5.75 Å². The molecule has 3 aromatic rings. The van der Waals surface area contributed by atoms with Gasteiger partial charge in [0.15, 0.2) is 0 Å². The summed E-state index contributed by atoms with van der Waals surface area (Å²) in [6.45, 7) is 1.97. The highest BCUT2D eigenvalue weighted by atomic mass is 35.5. The van der Waals surface area contributed by atoms with Crippen LogP contribution in [-0.2, 0) is 21.2 Å². The number of ether oxygens (including phenoxy) is 1. The zero-order valence-electron chi connectivity index (χ0n) is 16.5. The maximum Gasteiger partial charge on any atom is 0.265 e. The first-order valence-corrected chi connectivity index (χ1v) is 10.9. The number of aryl methyl sites for hydroxylation is 1. The van der Waals surface area contributed by atoms with E-state index < -0.39 is 10.0 Å². The molecule has 0 bridgehead atoms. The van der Waals surface area contributed by atoms with Crippen LogP contribution in [0.25, 0.3) is 0 Å². The van der Waals surface area contributed by atoms with Gasteiger partial charge < -0.3 is 10.1 Å². The molecule has 0 aliphatic carbocycles. The van der Waals surface area contributed by atoms with E-state index in [4.69, 9.17) is 16.3 Å². The van der Waals surface area contributed by atoms with Crippen molar-refractivity contribution in [2.45, 2.75) is 18.2 Å². The lowest BCUT2D eigenvalue weighted by molar-refractivity contribution is -0.115. The normalized spacial score (nSPS) is 11.0. The van der Waals surface area contributed by atoms with Crippen molar-refractivity contribution < 1.29 is 17.9 Å². The number of amides is 1. The first-order chi connectivity index (χ1) is 14.3. The molecule has 0 fully saturated rings. The number of benzene rings is 3. The molecule has 0 aromatic heterocycles. The average molecular weight is 445 g/mol. The Balaban J connectivity index is 1.81. The summed E-state index contributed by atoms with van der Waals surface area (Å²) < 4.78 is 33.5. The standard InChI is InChI=1S/C22H21ClN2O4S/c1-15-3-5-16(6-4-15)13-22(26)24-19-11-12-20(29-2)21(14-19)30(27,28)25-18-9-7-17(23)8-10-18/h3-12,14,25H,13H2,1-2H3,(H,24,26). The van der Waals surface area contributed by atoms with Crippen LogP contribution in [-0.4, -0.2) is 21.4 Å². The summed E-state index contributed by atoms with van der Waals surface area (Å²) in [6.07, 6.45) is 0.178. The summed E-state index contributed by atoms with van der Waals surface area (Å²) in [4.78, 5) is 12.3. The second-order valence-electron chi connectivity index (χ2n) is 6.69.